The Labute approximate surface area is 168 Å². The highest BCUT2D eigenvalue weighted by atomic mass is 16.5. The van der Waals surface area contributed by atoms with Gasteiger partial charge < -0.3 is 20.3 Å². The van der Waals surface area contributed by atoms with Gasteiger partial charge in [-0.1, -0.05) is 36.4 Å². The minimum Gasteiger partial charge on any atom is -0.495 e. The molecule has 0 spiro atoms. The summed E-state index contributed by atoms with van der Waals surface area (Å²) in [5.41, 5.74) is 3.74. The van der Waals surface area contributed by atoms with E-state index in [1.54, 1.807) is 7.11 Å². The van der Waals surface area contributed by atoms with Gasteiger partial charge in [-0.3, -0.25) is 0 Å². The first-order valence-corrected chi connectivity index (χ1v) is 10.2. The molecule has 2 aromatic carbocycles. The van der Waals surface area contributed by atoms with Crippen molar-refractivity contribution in [2.45, 2.75) is 26.8 Å². The second kappa shape index (κ2) is 10.0. The van der Waals surface area contributed by atoms with Crippen LogP contribution in [0.15, 0.2) is 53.5 Å². The van der Waals surface area contributed by atoms with E-state index in [1.165, 1.54) is 23.2 Å². The van der Waals surface area contributed by atoms with E-state index in [2.05, 4.69) is 65.8 Å². The normalized spacial score (nSPS) is 16.9. The fraction of sp³-hybridized carbons (Fsp3) is 0.435. The predicted octanol–water partition coefficient (Wildman–Crippen LogP) is 3.59. The summed E-state index contributed by atoms with van der Waals surface area (Å²) in [4.78, 5) is 7.19. The Morgan fingerprint density at radius 1 is 1.14 bits per heavy atom. The molecule has 2 aromatic rings. The number of guanidine groups is 1. The molecule has 0 radical (unpaired) electrons. The first-order chi connectivity index (χ1) is 13.7. The predicted molar refractivity (Wildman–Crippen MR) is 117 cm³/mol. The molecule has 28 heavy (non-hydrogen) atoms. The summed E-state index contributed by atoms with van der Waals surface area (Å²) in [6.45, 7) is 8.80. The number of ether oxygens (including phenoxy) is 1. The van der Waals surface area contributed by atoms with Crippen LogP contribution in [0.1, 0.15) is 24.5 Å². The SMILES string of the molecule is CCNC(=NCc1ccccc1C)NCC1CCN(c2ccccc2OC)C1. The number of hydrogen-bond acceptors (Lipinski definition) is 3. The van der Waals surface area contributed by atoms with Crippen molar-refractivity contribution in [1.82, 2.24) is 10.6 Å². The van der Waals surface area contributed by atoms with Crippen molar-refractivity contribution in [3.8, 4) is 5.75 Å². The van der Waals surface area contributed by atoms with Crippen molar-refractivity contribution in [1.29, 1.82) is 0 Å². The van der Waals surface area contributed by atoms with Crippen molar-refractivity contribution in [2.75, 3.05) is 38.2 Å². The Kier molecular flexibility index (Phi) is 7.18. The first-order valence-electron chi connectivity index (χ1n) is 10.2. The highest BCUT2D eigenvalue weighted by Gasteiger charge is 2.24. The number of hydrogen-bond donors (Lipinski definition) is 2. The lowest BCUT2D eigenvalue weighted by molar-refractivity contribution is 0.414. The Morgan fingerprint density at radius 2 is 1.93 bits per heavy atom. The third kappa shape index (κ3) is 5.18. The van der Waals surface area contributed by atoms with Crippen LogP contribution in [-0.4, -0.2) is 39.2 Å². The first kappa shape index (κ1) is 20.1. The monoisotopic (exact) mass is 380 g/mol. The lowest BCUT2D eigenvalue weighted by Gasteiger charge is -2.21. The molecule has 0 aliphatic carbocycles. The fourth-order valence-electron chi connectivity index (χ4n) is 3.64. The molecule has 0 aromatic heterocycles. The fourth-order valence-corrected chi connectivity index (χ4v) is 3.64. The van der Waals surface area contributed by atoms with Crippen LogP contribution in [0.2, 0.25) is 0 Å². The molecule has 1 saturated heterocycles. The smallest absolute Gasteiger partial charge is 0.191 e. The van der Waals surface area contributed by atoms with Crippen molar-refractivity contribution in [3.63, 3.8) is 0 Å². The van der Waals surface area contributed by atoms with Gasteiger partial charge in [0, 0.05) is 26.2 Å². The summed E-state index contributed by atoms with van der Waals surface area (Å²) < 4.78 is 5.52. The summed E-state index contributed by atoms with van der Waals surface area (Å²) in [5, 5.41) is 6.90. The number of nitrogens with one attached hydrogen (secondary N) is 2. The van der Waals surface area contributed by atoms with E-state index in [0.717, 1.165) is 37.9 Å². The van der Waals surface area contributed by atoms with E-state index < -0.39 is 0 Å². The molecule has 1 aliphatic rings. The van der Waals surface area contributed by atoms with Gasteiger partial charge in [0.2, 0.25) is 0 Å². The van der Waals surface area contributed by atoms with E-state index in [-0.39, 0.29) is 0 Å². The van der Waals surface area contributed by atoms with Crippen molar-refractivity contribution in [3.05, 3.63) is 59.7 Å². The molecule has 2 N–H and O–H groups in total. The van der Waals surface area contributed by atoms with Gasteiger partial charge in [0.1, 0.15) is 5.75 Å². The molecule has 150 valence electrons. The van der Waals surface area contributed by atoms with Crippen LogP contribution in [0.4, 0.5) is 5.69 Å². The minimum absolute atomic E-state index is 0.590. The number of nitrogens with zero attached hydrogens (tertiary/aromatic N) is 2. The van der Waals surface area contributed by atoms with Crippen LogP contribution in [0.5, 0.6) is 5.75 Å². The van der Waals surface area contributed by atoms with E-state index in [1.807, 2.05) is 12.1 Å². The molecule has 5 heteroatoms. The van der Waals surface area contributed by atoms with Gasteiger partial charge in [-0.05, 0) is 49.4 Å². The molecule has 1 fully saturated rings. The van der Waals surface area contributed by atoms with Crippen LogP contribution in [0.25, 0.3) is 0 Å². The zero-order valence-corrected chi connectivity index (χ0v) is 17.2. The average Bonchev–Trinajstić information content (AvgIpc) is 3.20. The summed E-state index contributed by atoms with van der Waals surface area (Å²) in [5.74, 6) is 2.43. The highest BCUT2D eigenvalue weighted by molar-refractivity contribution is 5.79. The Bertz CT molecular complexity index is 790. The number of para-hydroxylation sites is 2. The summed E-state index contributed by atoms with van der Waals surface area (Å²) in [6, 6.07) is 16.7. The summed E-state index contributed by atoms with van der Waals surface area (Å²) >= 11 is 0. The average molecular weight is 381 g/mol. The molecular formula is C23H32N4O. The molecule has 0 amide bonds. The number of anilines is 1. The van der Waals surface area contributed by atoms with E-state index in [4.69, 9.17) is 9.73 Å². The maximum absolute atomic E-state index is 5.52. The van der Waals surface area contributed by atoms with Crippen LogP contribution in [-0.2, 0) is 6.54 Å². The van der Waals surface area contributed by atoms with Crippen LogP contribution >= 0.6 is 0 Å². The van der Waals surface area contributed by atoms with Gasteiger partial charge in [-0.25, -0.2) is 4.99 Å². The van der Waals surface area contributed by atoms with Gasteiger partial charge in [-0.2, -0.15) is 0 Å². The van der Waals surface area contributed by atoms with Gasteiger partial charge in [0.05, 0.1) is 19.3 Å². The summed E-state index contributed by atoms with van der Waals surface area (Å²) in [7, 11) is 1.74. The molecule has 0 saturated carbocycles. The molecule has 1 heterocycles. The standard InChI is InChI=1S/C23H32N4O/c1-4-24-23(26-16-20-10-6-5-9-18(20)2)25-15-19-13-14-27(17-19)21-11-7-8-12-22(21)28-3/h5-12,19H,4,13-17H2,1-3H3,(H2,24,25,26). The molecule has 0 bridgehead atoms. The maximum Gasteiger partial charge on any atom is 0.191 e. The van der Waals surface area contributed by atoms with E-state index in [0.29, 0.717) is 12.5 Å². The lowest BCUT2D eigenvalue weighted by atomic mass is 10.1. The number of benzene rings is 2. The third-order valence-corrected chi connectivity index (χ3v) is 5.28. The topological polar surface area (TPSA) is 48.9 Å². The quantitative estimate of drug-likeness (QED) is 0.569. The van der Waals surface area contributed by atoms with Gasteiger partial charge in [-0.15, -0.1) is 0 Å². The number of aryl methyl sites for hydroxylation is 1. The van der Waals surface area contributed by atoms with Gasteiger partial charge in [0.25, 0.3) is 0 Å². The zero-order chi connectivity index (χ0) is 19.8. The van der Waals surface area contributed by atoms with Crippen LogP contribution in [0.3, 0.4) is 0 Å². The van der Waals surface area contributed by atoms with Crippen LogP contribution < -0.4 is 20.3 Å². The number of aliphatic imine (C=N–C) groups is 1. The van der Waals surface area contributed by atoms with E-state index >= 15 is 0 Å². The molecule has 5 nitrogen and oxygen atoms in total. The van der Waals surface area contributed by atoms with Gasteiger partial charge >= 0.3 is 0 Å². The maximum atomic E-state index is 5.52. The zero-order valence-electron chi connectivity index (χ0n) is 17.2. The Balaban J connectivity index is 1.56. The van der Waals surface area contributed by atoms with Gasteiger partial charge in [0.15, 0.2) is 5.96 Å². The van der Waals surface area contributed by atoms with Crippen LogP contribution in [0, 0.1) is 12.8 Å². The minimum atomic E-state index is 0.590. The molecule has 1 unspecified atom stereocenters. The second-order valence-corrected chi connectivity index (χ2v) is 7.28. The number of rotatable bonds is 7. The largest absolute Gasteiger partial charge is 0.495 e. The lowest BCUT2D eigenvalue weighted by Crippen LogP contribution is -2.40. The third-order valence-electron chi connectivity index (χ3n) is 5.28. The molecular weight excluding hydrogens is 348 g/mol. The second-order valence-electron chi connectivity index (χ2n) is 7.28. The Hall–Kier alpha value is -2.69. The number of methoxy groups -OCH3 is 1. The highest BCUT2D eigenvalue weighted by Crippen LogP contribution is 2.31. The molecule has 3 rings (SSSR count). The van der Waals surface area contributed by atoms with Crippen molar-refractivity contribution in [2.24, 2.45) is 10.9 Å². The molecule has 1 atom stereocenters. The molecule has 1 aliphatic heterocycles. The summed E-state index contributed by atoms with van der Waals surface area (Å²) in [6.07, 6.45) is 1.17. The Morgan fingerprint density at radius 3 is 2.71 bits per heavy atom. The van der Waals surface area contributed by atoms with Crippen molar-refractivity contribution >= 4 is 11.6 Å². The van der Waals surface area contributed by atoms with Crippen molar-refractivity contribution < 1.29 is 4.74 Å². The van der Waals surface area contributed by atoms with E-state index in [9.17, 15) is 0 Å².